The number of benzene rings is 2. The zero-order chi connectivity index (χ0) is 22.7. The van der Waals surface area contributed by atoms with Gasteiger partial charge in [-0.15, -0.1) is 0 Å². The number of hydrogen-bond acceptors (Lipinski definition) is 6. The summed E-state index contributed by atoms with van der Waals surface area (Å²) in [6.07, 6.45) is 0.466. The Bertz CT molecular complexity index is 1310. The van der Waals surface area contributed by atoms with E-state index in [1.54, 1.807) is 13.2 Å². The molecule has 8 heteroatoms. The first kappa shape index (κ1) is 21.3. The van der Waals surface area contributed by atoms with Crippen LogP contribution in [0.25, 0.3) is 22.3 Å². The van der Waals surface area contributed by atoms with Crippen LogP contribution in [0.3, 0.4) is 0 Å². The molecule has 164 valence electrons. The summed E-state index contributed by atoms with van der Waals surface area (Å²) in [7, 11) is 1.61. The number of ether oxygens (including phenoxy) is 1. The number of nitrogens with one attached hydrogen (secondary N) is 2. The Kier molecular flexibility index (Phi) is 6.02. The van der Waals surface area contributed by atoms with Gasteiger partial charge in [-0.05, 0) is 55.1 Å². The maximum absolute atomic E-state index is 12.4. The highest BCUT2D eigenvalue weighted by Gasteiger charge is 2.15. The van der Waals surface area contributed by atoms with Gasteiger partial charge >= 0.3 is 0 Å². The molecular formula is C24H24N4O4. The molecular weight excluding hydrogens is 408 g/mol. The highest BCUT2D eigenvalue weighted by molar-refractivity contribution is 5.83. The molecule has 0 fully saturated rings. The Morgan fingerprint density at radius 1 is 1.19 bits per heavy atom. The van der Waals surface area contributed by atoms with Crippen LogP contribution in [0.5, 0.6) is 5.75 Å². The number of methoxy groups -OCH3 is 1. The van der Waals surface area contributed by atoms with Crippen LogP contribution >= 0.6 is 0 Å². The minimum absolute atomic E-state index is 0.132. The molecule has 0 saturated heterocycles. The fourth-order valence-corrected chi connectivity index (χ4v) is 3.47. The highest BCUT2D eigenvalue weighted by Crippen LogP contribution is 2.20. The first-order valence-corrected chi connectivity index (χ1v) is 10.3. The molecule has 0 saturated carbocycles. The number of carbonyl (C=O) groups is 1. The van der Waals surface area contributed by atoms with Crippen molar-refractivity contribution in [3.05, 3.63) is 75.9 Å². The SMILES string of the molecule is COc1ccc(C(C)NC(=O)CCc2nc(-c3cc4cc(C)ccc4[nH]c3=O)no2)cc1. The molecule has 2 aromatic carbocycles. The number of nitrogens with zero attached hydrogens (tertiary/aromatic N) is 2. The summed E-state index contributed by atoms with van der Waals surface area (Å²) in [4.78, 5) is 31.9. The molecule has 2 heterocycles. The van der Waals surface area contributed by atoms with E-state index in [0.717, 1.165) is 27.8 Å². The quantitative estimate of drug-likeness (QED) is 0.461. The number of H-pyrrole nitrogens is 1. The molecule has 0 aliphatic carbocycles. The van der Waals surface area contributed by atoms with Gasteiger partial charge < -0.3 is 19.6 Å². The van der Waals surface area contributed by atoms with Crippen molar-refractivity contribution in [1.29, 1.82) is 0 Å². The molecule has 4 rings (SSSR count). The fraction of sp³-hybridized carbons (Fsp3) is 0.250. The van der Waals surface area contributed by atoms with Gasteiger partial charge in [0.05, 0.1) is 18.7 Å². The number of hydrogen-bond donors (Lipinski definition) is 2. The van der Waals surface area contributed by atoms with Crippen LogP contribution in [-0.2, 0) is 11.2 Å². The molecule has 0 aliphatic rings. The molecule has 2 aromatic heterocycles. The monoisotopic (exact) mass is 432 g/mol. The van der Waals surface area contributed by atoms with Crippen LogP contribution in [0, 0.1) is 6.92 Å². The van der Waals surface area contributed by atoms with Crippen molar-refractivity contribution in [2.45, 2.75) is 32.7 Å². The molecule has 0 radical (unpaired) electrons. The first-order chi connectivity index (χ1) is 15.4. The van der Waals surface area contributed by atoms with Gasteiger partial charge in [-0.2, -0.15) is 4.98 Å². The Hall–Kier alpha value is -3.94. The van der Waals surface area contributed by atoms with Crippen molar-refractivity contribution in [2.75, 3.05) is 7.11 Å². The molecule has 8 nitrogen and oxygen atoms in total. The summed E-state index contributed by atoms with van der Waals surface area (Å²) >= 11 is 0. The van der Waals surface area contributed by atoms with Crippen molar-refractivity contribution in [1.82, 2.24) is 20.4 Å². The number of aromatic nitrogens is 3. The van der Waals surface area contributed by atoms with Crippen molar-refractivity contribution in [3.8, 4) is 17.1 Å². The lowest BCUT2D eigenvalue weighted by atomic mass is 10.1. The van der Waals surface area contributed by atoms with Gasteiger partial charge in [0.1, 0.15) is 5.75 Å². The lowest BCUT2D eigenvalue weighted by Gasteiger charge is -2.14. The van der Waals surface area contributed by atoms with Crippen molar-refractivity contribution in [3.63, 3.8) is 0 Å². The van der Waals surface area contributed by atoms with Crippen molar-refractivity contribution < 1.29 is 14.1 Å². The third kappa shape index (κ3) is 4.69. The van der Waals surface area contributed by atoms with E-state index in [-0.39, 0.29) is 36.2 Å². The summed E-state index contributed by atoms with van der Waals surface area (Å²) in [6, 6.07) is 14.9. The zero-order valence-corrected chi connectivity index (χ0v) is 18.1. The number of aromatic amines is 1. The maximum atomic E-state index is 12.4. The lowest BCUT2D eigenvalue weighted by Crippen LogP contribution is -2.26. The van der Waals surface area contributed by atoms with E-state index in [2.05, 4.69) is 20.4 Å². The highest BCUT2D eigenvalue weighted by atomic mass is 16.5. The summed E-state index contributed by atoms with van der Waals surface area (Å²) in [6.45, 7) is 3.90. The Labute approximate surface area is 184 Å². The number of rotatable bonds is 7. The minimum atomic E-state index is -0.292. The number of amides is 1. The van der Waals surface area contributed by atoms with Gasteiger partial charge in [-0.3, -0.25) is 9.59 Å². The Morgan fingerprint density at radius 3 is 2.72 bits per heavy atom. The summed E-state index contributed by atoms with van der Waals surface area (Å²) in [5, 5.41) is 7.77. The molecule has 1 amide bonds. The van der Waals surface area contributed by atoms with Gasteiger partial charge in [0, 0.05) is 18.4 Å². The molecule has 32 heavy (non-hydrogen) atoms. The standard InChI is InChI=1S/C24H24N4O4/c1-14-4-9-20-17(12-14)13-19(24(30)26-20)23-27-22(32-28-23)11-10-21(29)25-15(2)16-5-7-18(31-3)8-6-16/h4-9,12-13,15H,10-11H2,1-3H3,(H,25,29)(H,26,30). The normalized spacial score (nSPS) is 12.0. The average Bonchev–Trinajstić information content (AvgIpc) is 3.26. The molecule has 0 spiro atoms. The summed E-state index contributed by atoms with van der Waals surface area (Å²) in [5.74, 6) is 1.14. The third-order valence-corrected chi connectivity index (χ3v) is 5.27. The van der Waals surface area contributed by atoms with Crippen LogP contribution in [0.4, 0.5) is 0 Å². The van der Waals surface area contributed by atoms with Gasteiger partial charge in [0.15, 0.2) is 0 Å². The second kappa shape index (κ2) is 9.05. The zero-order valence-electron chi connectivity index (χ0n) is 18.1. The number of pyridine rings is 1. The lowest BCUT2D eigenvalue weighted by molar-refractivity contribution is -0.121. The Balaban J connectivity index is 1.40. The van der Waals surface area contributed by atoms with Crippen LogP contribution in [0.15, 0.2) is 57.8 Å². The van der Waals surface area contributed by atoms with Crippen LogP contribution in [-0.4, -0.2) is 28.1 Å². The third-order valence-electron chi connectivity index (χ3n) is 5.27. The smallest absolute Gasteiger partial charge is 0.259 e. The van der Waals surface area contributed by atoms with E-state index in [0.29, 0.717) is 11.5 Å². The number of fused-ring (bicyclic) bond motifs is 1. The molecule has 1 unspecified atom stereocenters. The van der Waals surface area contributed by atoms with E-state index in [1.165, 1.54) is 0 Å². The van der Waals surface area contributed by atoms with E-state index in [4.69, 9.17) is 9.26 Å². The van der Waals surface area contributed by atoms with Gasteiger partial charge in [0.25, 0.3) is 5.56 Å². The molecule has 4 aromatic rings. The van der Waals surface area contributed by atoms with Crippen LogP contribution in [0.1, 0.15) is 36.4 Å². The Morgan fingerprint density at radius 2 is 1.97 bits per heavy atom. The molecule has 1 atom stereocenters. The van der Waals surface area contributed by atoms with E-state index in [9.17, 15) is 9.59 Å². The van der Waals surface area contributed by atoms with Crippen LogP contribution < -0.4 is 15.6 Å². The van der Waals surface area contributed by atoms with Gasteiger partial charge in [0.2, 0.25) is 17.6 Å². The fourth-order valence-electron chi connectivity index (χ4n) is 3.47. The second-order valence-corrected chi connectivity index (χ2v) is 7.68. The topological polar surface area (TPSA) is 110 Å². The second-order valence-electron chi connectivity index (χ2n) is 7.68. The number of aryl methyl sites for hydroxylation is 2. The van der Waals surface area contributed by atoms with Gasteiger partial charge in [-0.1, -0.05) is 28.9 Å². The molecule has 2 N–H and O–H groups in total. The van der Waals surface area contributed by atoms with E-state index >= 15 is 0 Å². The predicted molar refractivity (Wildman–Crippen MR) is 120 cm³/mol. The van der Waals surface area contributed by atoms with Crippen LogP contribution in [0.2, 0.25) is 0 Å². The number of carbonyl (C=O) groups excluding carboxylic acids is 1. The van der Waals surface area contributed by atoms with Gasteiger partial charge in [-0.25, -0.2) is 0 Å². The summed E-state index contributed by atoms with van der Waals surface area (Å²) < 4.78 is 10.4. The maximum Gasteiger partial charge on any atom is 0.259 e. The summed E-state index contributed by atoms with van der Waals surface area (Å²) in [5.41, 5.74) is 2.84. The van der Waals surface area contributed by atoms with E-state index in [1.807, 2.05) is 56.3 Å². The van der Waals surface area contributed by atoms with Crippen molar-refractivity contribution >= 4 is 16.8 Å². The first-order valence-electron chi connectivity index (χ1n) is 10.3. The molecule has 0 aliphatic heterocycles. The molecule has 0 bridgehead atoms. The van der Waals surface area contributed by atoms with Crippen molar-refractivity contribution in [2.24, 2.45) is 0 Å². The van der Waals surface area contributed by atoms with E-state index < -0.39 is 0 Å². The predicted octanol–water partition coefficient (Wildman–Crippen LogP) is 3.71. The minimum Gasteiger partial charge on any atom is -0.497 e. The largest absolute Gasteiger partial charge is 0.497 e. The average molecular weight is 432 g/mol.